The van der Waals surface area contributed by atoms with Crippen LogP contribution in [0.3, 0.4) is 0 Å². The summed E-state index contributed by atoms with van der Waals surface area (Å²) in [5.41, 5.74) is 0.381. The number of hydrogen-bond donors (Lipinski definition) is 3. The molecule has 7 heteroatoms. The van der Waals surface area contributed by atoms with Crippen LogP contribution >= 0.6 is 15.9 Å². The smallest absolute Gasteiger partial charge is 0.341 e. The third kappa shape index (κ3) is 3.36. The highest BCUT2D eigenvalue weighted by atomic mass is 79.9. The van der Waals surface area contributed by atoms with Gasteiger partial charge < -0.3 is 5.32 Å². The zero-order valence-electron chi connectivity index (χ0n) is 11.2. The minimum Gasteiger partial charge on any atom is -0.348 e. The number of aromatic amines is 2. The van der Waals surface area contributed by atoms with E-state index in [9.17, 15) is 9.59 Å². The van der Waals surface area contributed by atoms with Crippen LogP contribution in [-0.4, -0.2) is 27.6 Å². The molecule has 0 unspecified atom stereocenters. The first-order chi connectivity index (χ1) is 9.38. The molecule has 1 aromatic heterocycles. The molecule has 2 aromatic rings. The first-order valence-electron chi connectivity index (χ1n) is 6.07. The van der Waals surface area contributed by atoms with Crippen molar-refractivity contribution in [3.8, 4) is 0 Å². The van der Waals surface area contributed by atoms with Gasteiger partial charge in [-0.15, -0.1) is 5.10 Å². The second kappa shape index (κ2) is 5.62. The number of nitrogens with one attached hydrogen (secondary N) is 3. The first-order valence-corrected chi connectivity index (χ1v) is 6.87. The number of benzene rings is 1. The summed E-state index contributed by atoms with van der Waals surface area (Å²) in [5.74, 6) is -0.421. The van der Waals surface area contributed by atoms with Gasteiger partial charge in [-0.3, -0.25) is 9.78 Å². The molecule has 1 heterocycles. The average Bonchev–Trinajstić information content (AvgIpc) is 2.83. The van der Waals surface area contributed by atoms with Gasteiger partial charge in [-0.1, -0.05) is 41.9 Å². The molecule has 0 saturated carbocycles. The van der Waals surface area contributed by atoms with Crippen molar-refractivity contribution in [3.63, 3.8) is 0 Å². The molecule has 0 aliphatic rings. The Bertz CT molecular complexity index is 658. The molecule has 1 aromatic carbocycles. The lowest BCUT2D eigenvalue weighted by Gasteiger charge is -2.25. The Morgan fingerprint density at radius 1 is 1.35 bits per heavy atom. The predicted molar refractivity (Wildman–Crippen MR) is 78.7 cm³/mol. The average molecular weight is 339 g/mol. The maximum absolute atomic E-state index is 11.8. The van der Waals surface area contributed by atoms with Gasteiger partial charge in [0.1, 0.15) is 0 Å². The summed E-state index contributed by atoms with van der Waals surface area (Å²) < 4.78 is 1.01. The maximum atomic E-state index is 11.8. The van der Waals surface area contributed by atoms with Crippen molar-refractivity contribution >= 4 is 21.8 Å². The van der Waals surface area contributed by atoms with Crippen LogP contribution in [0, 0.1) is 0 Å². The highest BCUT2D eigenvalue weighted by molar-refractivity contribution is 9.10. The highest BCUT2D eigenvalue weighted by Gasteiger charge is 2.22. The number of H-pyrrole nitrogens is 2. The number of amides is 1. The molecule has 0 saturated heterocycles. The molecule has 0 bridgehead atoms. The molecule has 0 spiro atoms. The molecule has 1 amide bonds. The van der Waals surface area contributed by atoms with Crippen LogP contribution in [0.2, 0.25) is 0 Å². The maximum Gasteiger partial charge on any atom is 0.341 e. The molecular weight excluding hydrogens is 324 g/mol. The molecule has 3 N–H and O–H groups in total. The summed E-state index contributed by atoms with van der Waals surface area (Å²) in [4.78, 5) is 25.0. The lowest BCUT2D eigenvalue weighted by atomic mass is 9.84. The second-order valence-electron chi connectivity index (χ2n) is 5.10. The van der Waals surface area contributed by atoms with Crippen LogP contribution in [0.1, 0.15) is 30.0 Å². The van der Waals surface area contributed by atoms with E-state index in [1.165, 1.54) is 0 Å². The number of halogens is 1. The molecule has 2 rings (SSSR count). The fourth-order valence-corrected chi connectivity index (χ4v) is 2.03. The Morgan fingerprint density at radius 3 is 2.55 bits per heavy atom. The van der Waals surface area contributed by atoms with Crippen molar-refractivity contribution in [1.82, 2.24) is 20.5 Å². The minimum atomic E-state index is -0.498. The summed E-state index contributed by atoms with van der Waals surface area (Å²) in [6.07, 6.45) is 0. The fraction of sp³-hybridized carbons (Fsp3) is 0.308. The van der Waals surface area contributed by atoms with Crippen LogP contribution in [0.25, 0.3) is 0 Å². The second-order valence-corrected chi connectivity index (χ2v) is 6.02. The van der Waals surface area contributed by atoms with E-state index < -0.39 is 11.6 Å². The number of aromatic nitrogens is 3. The number of hydrogen-bond acceptors (Lipinski definition) is 3. The van der Waals surface area contributed by atoms with Gasteiger partial charge in [0.25, 0.3) is 5.91 Å². The van der Waals surface area contributed by atoms with Crippen LogP contribution in [0.15, 0.2) is 33.5 Å². The van der Waals surface area contributed by atoms with Crippen molar-refractivity contribution in [2.75, 3.05) is 6.54 Å². The molecule has 0 fully saturated rings. The summed E-state index contributed by atoms with van der Waals surface area (Å²) in [6.45, 7) is 4.50. The van der Waals surface area contributed by atoms with Gasteiger partial charge in [-0.05, 0) is 17.7 Å². The zero-order chi connectivity index (χ0) is 14.8. The summed E-state index contributed by atoms with van der Waals surface area (Å²) in [5, 5.41) is 8.51. The molecule has 20 heavy (non-hydrogen) atoms. The highest BCUT2D eigenvalue weighted by Crippen LogP contribution is 2.24. The van der Waals surface area contributed by atoms with Crippen molar-refractivity contribution in [2.24, 2.45) is 0 Å². The Morgan fingerprint density at radius 2 is 2.00 bits per heavy atom. The number of rotatable bonds is 4. The number of nitrogens with zero attached hydrogens (tertiary/aromatic N) is 1. The monoisotopic (exact) mass is 338 g/mol. The van der Waals surface area contributed by atoms with E-state index in [0.29, 0.717) is 6.54 Å². The third-order valence-electron chi connectivity index (χ3n) is 3.03. The quantitative estimate of drug-likeness (QED) is 0.790. The summed E-state index contributed by atoms with van der Waals surface area (Å²) >= 11 is 3.39. The van der Waals surface area contributed by atoms with Crippen LogP contribution in [0.4, 0.5) is 0 Å². The molecule has 0 radical (unpaired) electrons. The predicted octanol–water partition coefficient (Wildman–Crippen LogP) is 1.57. The normalized spacial score (nSPS) is 11.3. The lowest BCUT2D eigenvalue weighted by molar-refractivity contribution is 0.0935. The summed E-state index contributed by atoms with van der Waals surface area (Å²) in [7, 11) is 0. The van der Waals surface area contributed by atoms with E-state index in [0.717, 1.165) is 10.0 Å². The van der Waals surface area contributed by atoms with Gasteiger partial charge >= 0.3 is 5.69 Å². The Balaban J connectivity index is 2.03. The van der Waals surface area contributed by atoms with E-state index in [2.05, 4.69) is 36.4 Å². The van der Waals surface area contributed by atoms with Gasteiger partial charge in [0.15, 0.2) is 0 Å². The number of carbonyl (C=O) groups excluding carboxylic acids is 1. The minimum absolute atomic E-state index is 0.0124. The molecule has 0 aliphatic carbocycles. The van der Waals surface area contributed by atoms with Gasteiger partial charge in [-0.25, -0.2) is 9.89 Å². The molecule has 6 nitrogen and oxygen atoms in total. The van der Waals surface area contributed by atoms with E-state index in [1.807, 2.05) is 38.1 Å². The van der Waals surface area contributed by atoms with Crippen molar-refractivity contribution < 1.29 is 4.79 Å². The van der Waals surface area contributed by atoms with Crippen LogP contribution in [-0.2, 0) is 5.41 Å². The fourth-order valence-electron chi connectivity index (χ4n) is 1.77. The van der Waals surface area contributed by atoms with Gasteiger partial charge in [0.05, 0.1) is 0 Å². The molecule has 0 atom stereocenters. The Labute approximate surface area is 124 Å². The Kier molecular flexibility index (Phi) is 4.08. The van der Waals surface area contributed by atoms with Crippen molar-refractivity contribution in [3.05, 3.63) is 50.6 Å². The standard InChI is InChI=1S/C13H15BrN4O2/c1-13(2,8-3-5-9(14)6-4-8)7-15-11(19)10-16-12(20)18-17-10/h3-6H,7H2,1-2H3,(H,15,19)(H2,16,17,18,20). The van der Waals surface area contributed by atoms with Crippen molar-refractivity contribution in [2.45, 2.75) is 19.3 Å². The van der Waals surface area contributed by atoms with E-state index in [-0.39, 0.29) is 11.2 Å². The topological polar surface area (TPSA) is 90.6 Å². The third-order valence-corrected chi connectivity index (χ3v) is 3.56. The van der Waals surface area contributed by atoms with E-state index in [1.54, 1.807) is 0 Å². The zero-order valence-corrected chi connectivity index (χ0v) is 12.7. The van der Waals surface area contributed by atoms with E-state index >= 15 is 0 Å². The largest absolute Gasteiger partial charge is 0.348 e. The van der Waals surface area contributed by atoms with Gasteiger partial charge in [-0.2, -0.15) is 0 Å². The van der Waals surface area contributed by atoms with E-state index in [4.69, 9.17) is 0 Å². The van der Waals surface area contributed by atoms with Crippen molar-refractivity contribution in [1.29, 1.82) is 0 Å². The van der Waals surface area contributed by atoms with Crippen LogP contribution < -0.4 is 11.0 Å². The Hall–Kier alpha value is -1.89. The van der Waals surface area contributed by atoms with Crippen LogP contribution in [0.5, 0.6) is 0 Å². The summed E-state index contributed by atoms with van der Waals surface area (Å²) in [6, 6.07) is 7.94. The van der Waals surface area contributed by atoms with Gasteiger partial charge in [0, 0.05) is 16.4 Å². The first kappa shape index (κ1) is 14.5. The number of carbonyl (C=O) groups is 1. The molecule has 106 valence electrons. The lowest BCUT2D eigenvalue weighted by Crippen LogP contribution is -2.37. The van der Waals surface area contributed by atoms with Gasteiger partial charge in [0.2, 0.25) is 5.82 Å². The SMILES string of the molecule is CC(C)(CNC(=O)c1n[nH]c(=O)[nH]1)c1ccc(Br)cc1. The molecule has 0 aliphatic heterocycles. The molecular formula is C13H15BrN4O2.